The minimum atomic E-state index is -0.0959. The van der Waals surface area contributed by atoms with Gasteiger partial charge in [0.15, 0.2) is 5.76 Å². The second-order valence-electron chi connectivity index (χ2n) is 11.8. The summed E-state index contributed by atoms with van der Waals surface area (Å²) in [4.78, 5) is 19.8. The minimum Gasteiger partial charge on any atom is -0.496 e. The van der Waals surface area contributed by atoms with Crippen LogP contribution in [0.5, 0.6) is 11.5 Å². The van der Waals surface area contributed by atoms with Crippen LogP contribution in [0.25, 0.3) is 16.9 Å². The second-order valence-corrected chi connectivity index (χ2v) is 11.8. The zero-order valence-electron chi connectivity index (χ0n) is 25.5. The molecule has 9 nitrogen and oxygen atoms in total. The quantitative estimate of drug-likeness (QED) is 0.310. The summed E-state index contributed by atoms with van der Waals surface area (Å²) in [5, 5.41) is 13.2. The van der Waals surface area contributed by atoms with Crippen LogP contribution in [0, 0.1) is 23.2 Å². The number of rotatable bonds is 9. The predicted octanol–water partition coefficient (Wildman–Crippen LogP) is 5.85. The smallest absolute Gasteiger partial charge is 0.251 e. The van der Waals surface area contributed by atoms with Gasteiger partial charge in [-0.05, 0) is 74.8 Å². The number of nitriles is 1. The Balaban J connectivity index is 1.24. The van der Waals surface area contributed by atoms with E-state index in [0.29, 0.717) is 70.4 Å². The number of hydrogen-bond donors (Lipinski definition) is 1. The Labute approximate surface area is 258 Å². The maximum Gasteiger partial charge on any atom is 0.251 e. The van der Waals surface area contributed by atoms with Crippen LogP contribution in [0.15, 0.2) is 58.0 Å². The summed E-state index contributed by atoms with van der Waals surface area (Å²) < 4.78 is 23.7. The number of carbonyl (C=O) groups excluding carboxylic acids is 1. The van der Waals surface area contributed by atoms with Crippen LogP contribution in [-0.2, 0) is 4.74 Å². The van der Waals surface area contributed by atoms with Crippen LogP contribution >= 0.6 is 0 Å². The number of furan rings is 1. The second kappa shape index (κ2) is 12.7. The highest BCUT2D eigenvalue weighted by Gasteiger charge is 2.46. The SMILES string of the molecule is C=Nc1cc(-c2ccc(C(=O)NC3[C@@H]4C[C@H]3CN(C)C4)cc2OC)oc1/C(=C\C)c1ccc(OC2CCOCC2)c(C#N)c1. The van der Waals surface area contributed by atoms with Crippen LogP contribution in [0.4, 0.5) is 5.69 Å². The number of likely N-dealkylation sites (tertiary alicyclic amines) is 1. The third-order valence-electron chi connectivity index (χ3n) is 9.03. The van der Waals surface area contributed by atoms with Crippen LogP contribution in [0.2, 0.25) is 0 Å². The molecule has 3 heterocycles. The van der Waals surface area contributed by atoms with Gasteiger partial charge < -0.3 is 28.8 Å². The zero-order chi connectivity index (χ0) is 30.8. The molecule has 3 atom stereocenters. The van der Waals surface area contributed by atoms with E-state index >= 15 is 0 Å². The summed E-state index contributed by atoms with van der Waals surface area (Å²) in [6.45, 7) is 9.03. The molecular weight excluding hydrogens is 556 g/mol. The predicted molar refractivity (Wildman–Crippen MR) is 169 cm³/mol. The van der Waals surface area contributed by atoms with Gasteiger partial charge >= 0.3 is 0 Å². The van der Waals surface area contributed by atoms with Crippen molar-refractivity contribution in [1.29, 1.82) is 5.26 Å². The molecule has 3 aliphatic rings. The lowest BCUT2D eigenvalue weighted by Gasteiger charge is -2.52. The molecule has 44 heavy (non-hydrogen) atoms. The third kappa shape index (κ3) is 5.75. The van der Waals surface area contributed by atoms with Crippen molar-refractivity contribution in [3.63, 3.8) is 0 Å². The van der Waals surface area contributed by atoms with E-state index in [1.165, 1.54) is 6.42 Å². The van der Waals surface area contributed by atoms with Crippen molar-refractivity contribution in [3.8, 4) is 28.9 Å². The summed E-state index contributed by atoms with van der Waals surface area (Å²) in [6, 6.07) is 15.3. The fourth-order valence-corrected chi connectivity index (χ4v) is 6.74. The molecule has 2 aromatic carbocycles. The Bertz CT molecular complexity index is 1620. The number of piperidine rings is 2. The van der Waals surface area contributed by atoms with Gasteiger partial charge in [0.05, 0.1) is 31.5 Å². The molecule has 0 spiro atoms. The molecule has 0 radical (unpaired) electrons. The molecule has 1 aliphatic carbocycles. The van der Waals surface area contributed by atoms with Gasteiger partial charge in [0, 0.05) is 49.2 Å². The topological polar surface area (TPSA) is 109 Å². The fourth-order valence-electron chi connectivity index (χ4n) is 6.74. The molecular formula is C35H38N4O5. The first-order valence-corrected chi connectivity index (χ1v) is 15.2. The zero-order valence-corrected chi connectivity index (χ0v) is 25.5. The van der Waals surface area contributed by atoms with Crippen LogP contribution in [0.1, 0.15) is 53.4 Å². The molecule has 3 aromatic rings. The highest BCUT2D eigenvalue weighted by molar-refractivity contribution is 5.96. The van der Waals surface area contributed by atoms with Gasteiger partial charge in [0.1, 0.15) is 35.1 Å². The summed E-state index contributed by atoms with van der Waals surface area (Å²) in [7, 11) is 3.71. The average Bonchev–Trinajstić information content (AvgIpc) is 3.48. The highest BCUT2D eigenvalue weighted by Crippen LogP contribution is 2.42. The van der Waals surface area contributed by atoms with Crippen LogP contribution in [0.3, 0.4) is 0 Å². The lowest BCUT2D eigenvalue weighted by atomic mass is 9.66. The van der Waals surface area contributed by atoms with Gasteiger partial charge in [-0.1, -0.05) is 12.1 Å². The highest BCUT2D eigenvalue weighted by atomic mass is 16.5. The molecule has 1 amide bonds. The monoisotopic (exact) mass is 594 g/mol. The minimum absolute atomic E-state index is 0.0272. The Morgan fingerprint density at radius 1 is 1.11 bits per heavy atom. The lowest BCUT2D eigenvalue weighted by molar-refractivity contribution is -0.000568. The van der Waals surface area contributed by atoms with Gasteiger partial charge in [-0.25, -0.2) is 0 Å². The molecule has 1 N–H and O–H groups in total. The molecule has 228 valence electrons. The van der Waals surface area contributed by atoms with Gasteiger partial charge in [-0.3, -0.25) is 9.79 Å². The number of nitrogens with one attached hydrogen (secondary N) is 1. The van der Waals surface area contributed by atoms with E-state index in [1.54, 1.807) is 25.3 Å². The molecule has 1 aromatic heterocycles. The number of methoxy groups -OCH3 is 1. The van der Waals surface area contributed by atoms with Gasteiger partial charge in [-0.2, -0.15) is 5.26 Å². The summed E-state index contributed by atoms with van der Waals surface area (Å²) in [5.41, 5.74) is 3.79. The number of carbonyl (C=O) groups is 1. The van der Waals surface area contributed by atoms with Crippen molar-refractivity contribution in [2.75, 3.05) is 40.5 Å². The molecule has 2 aliphatic heterocycles. The van der Waals surface area contributed by atoms with E-state index in [0.717, 1.165) is 37.1 Å². The maximum absolute atomic E-state index is 13.2. The van der Waals surface area contributed by atoms with E-state index < -0.39 is 0 Å². The maximum atomic E-state index is 13.2. The molecule has 1 saturated carbocycles. The molecule has 2 saturated heterocycles. The first kappa shape index (κ1) is 29.7. The van der Waals surface area contributed by atoms with Crippen LogP contribution < -0.4 is 14.8 Å². The van der Waals surface area contributed by atoms with E-state index in [1.807, 2.05) is 37.3 Å². The number of hydrogen-bond acceptors (Lipinski definition) is 8. The van der Waals surface area contributed by atoms with E-state index in [2.05, 4.69) is 35.0 Å². The van der Waals surface area contributed by atoms with E-state index in [9.17, 15) is 10.1 Å². The normalized spacial score (nSPS) is 22.0. The first-order chi connectivity index (χ1) is 21.4. The molecule has 3 fully saturated rings. The van der Waals surface area contributed by atoms with Crippen molar-refractivity contribution in [3.05, 3.63) is 71.0 Å². The average molecular weight is 595 g/mol. The number of benzene rings is 2. The van der Waals surface area contributed by atoms with Crippen molar-refractivity contribution >= 4 is 23.9 Å². The third-order valence-corrected chi connectivity index (χ3v) is 9.03. The number of allylic oxidation sites excluding steroid dienone is 1. The summed E-state index contributed by atoms with van der Waals surface area (Å²) >= 11 is 0. The number of ether oxygens (including phenoxy) is 3. The van der Waals surface area contributed by atoms with E-state index in [-0.39, 0.29) is 18.1 Å². The lowest BCUT2D eigenvalue weighted by Crippen LogP contribution is -2.63. The number of nitrogens with zero attached hydrogens (tertiary/aromatic N) is 3. The fraction of sp³-hybridized carbons (Fsp3) is 0.400. The Morgan fingerprint density at radius 3 is 2.55 bits per heavy atom. The van der Waals surface area contributed by atoms with E-state index in [4.69, 9.17) is 18.6 Å². The summed E-state index contributed by atoms with van der Waals surface area (Å²) in [5.74, 6) is 3.05. The Kier molecular flexibility index (Phi) is 8.56. The van der Waals surface area contributed by atoms with Gasteiger partial charge in [0.2, 0.25) is 0 Å². The van der Waals surface area contributed by atoms with Crippen molar-refractivity contribution in [2.45, 2.75) is 38.3 Å². The van der Waals surface area contributed by atoms with Crippen LogP contribution in [-0.4, -0.2) is 70.1 Å². The molecule has 9 heteroatoms. The number of aliphatic imine (C=N–C) groups is 1. The molecule has 6 rings (SSSR count). The van der Waals surface area contributed by atoms with Crippen molar-refractivity contribution < 1.29 is 23.4 Å². The van der Waals surface area contributed by atoms with Gasteiger partial charge in [-0.15, -0.1) is 0 Å². The summed E-state index contributed by atoms with van der Waals surface area (Å²) in [6.07, 6.45) is 4.72. The number of fused-ring (bicyclic) bond motifs is 2. The largest absolute Gasteiger partial charge is 0.496 e. The molecule has 2 bridgehead atoms. The Hall–Kier alpha value is -4.39. The standard InChI is InChI=1S/C35H38N4O5/c1-5-27(21-7-9-30(23(14-21)18-36)43-26-10-12-42-13-11-26)34-29(37-2)17-32(44-34)28-8-6-22(16-31(28)41-4)35(40)38-33-24-15-25(33)20-39(3)19-24/h5-9,14,16-17,24-26,33H,2,10-13,15,19-20H2,1,3-4H3,(H,38,40)/b27-5-/t24-,25+,33?. The van der Waals surface area contributed by atoms with Gasteiger partial charge in [0.25, 0.3) is 5.91 Å². The Morgan fingerprint density at radius 2 is 1.86 bits per heavy atom. The number of amides is 1. The first-order valence-electron chi connectivity index (χ1n) is 15.2. The van der Waals surface area contributed by atoms with Crippen molar-refractivity contribution in [1.82, 2.24) is 10.2 Å². The van der Waals surface area contributed by atoms with Crippen molar-refractivity contribution in [2.24, 2.45) is 16.8 Å². The molecule has 1 unspecified atom stereocenters.